The summed E-state index contributed by atoms with van der Waals surface area (Å²) in [6.45, 7) is 5.52. The molecular weight excluding hydrogens is 717 g/mol. The number of amides is 2. The Bertz CT molecular complexity index is 2060. The first kappa shape index (κ1) is 38.4. The number of rotatable bonds is 15. The molecule has 5 aromatic carbocycles. The summed E-state index contributed by atoms with van der Waals surface area (Å²) in [5, 5.41) is 3.71. The van der Waals surface area contributed by atoms with Crippen molar-refractivity contribution in [3.63, 3.8) is 0 Å². The Morgan fingerprint density at radius 3 is 2.02 bits per heavy atom. The molecule has 0 spiro atoms. The van der Waals surface area contributed by atoms with Gasteiger partial charge in [0.2, 0.25) is 11.8 Å². The number of carbonyl (C=O) groups is 2. The lowest BCUT2D eigenvalue weighted by molar-refractivity contribution is -0.140. The van der Waals surface area contributed by atoms with E-state index in [2.05, 4.69) is 5.32 Å². The van der Waals surface area contributed by atoms with Crippen molar-refractivity contribution in [2.24, 2.45) is 5.92 Å². The molecule has 0 bridgehead atoms. The van der Waals surface area contributed by atoms with Crippen LogP contribution in [-0.4, -0.2) is 44.3 Å². The highest BCUT2D eigenvalue weighted by atomic mass is 35.5. The number of halogens is 2. The molecule has 2 amide bonds. The van der Waals surface area contributed by atoms with Crippen molar-refractivity contribution in [2.75, 3.05) is 17.4 Å². The minimum atomic E-state index is -4.28. The van der Waals surface area contributed by atoms with Gasteiger partial charge in [0.25, 0.3) is 10.0 Å². The highest BCUT2D eigenvalue weighted by Gasteiger charge is 2.35. The Morgan fingerprint density at radius 1 is 0.788 bits per heavy atom. The minimum Gasteiger partial charge on any atom is -0.457 e. The number of nitrogens with one attached hydrogen (secondary N) is 1. The lowest BCUT2D eigenvalue weighted by Gasteiger charge is -2.34. The zero-order valence-electron chi connectivity index (χ0n) is 29.2. The van der Waals surface area contributed by atoms with E-state index in [1.54, 1.807) is 54.6 Å². The van der Waals surface area contributed by atoms with Crippen LogP contribution in [0.25, 0.3) is 0 Å². The summed E-state index contributed by atoms with van der Waals surface area (Å²) in [7, 11) is -4.28. The number of hydrogen-bond acceptors (Lipinski definition) is 5. The van der Waals surface area contributed by atoms with Crippen LogP contribution in [0.5, 0.6) is 11.5 Å². The van der Waals surface area contributed by atoms with Gasteiger partial charge in [-0.1, -0.05) is 109 Å². The highest BCUT2D eigenvalue weighted by Crippen LogP contribution is 2.30. The van der Waals surface area contributed by atoms with Crippen LogP contribution < -0.4 is 14.4 Å². The Balaban J connectivity index is 1.57. The SMILES string of the molecule is Cc1ccc(S(=O)(=O)N(CC(=O)N(Cc2ccc(Cl)cc2Cl)C(Cc2ccccc2)C(=O)NCC(C)C)c2ccc(Oc3ccccc3)cc2)cc1. The molecule has 5 rings (SSSR count). The molecule has 0 aliphatic heterocycles. The van der Waals surface area contributed by atoms with Crippen molar-refractivity contribution in [3.05, 3.63) is 154 Å². The van der Waals surface area contributed by atoms with Crippen LogP contribution >= 0.6 is 23.2 Å². The second-order valence-electron chi connectivity index (χ2n) is 12.8. The first-order chi connectivity index (χ1) is 24.9. The summed E-state index contributed by atoms with van der Waals surface area (Å²) in [6.07, 6.45) is 0.179. The van der Waals surface area contributed by atoms with E-state index in [0.717, 1.165) is 15.4 Å². The molecule has 0 aromatic heterocycles. The molecule has 5 aromatic rings. The third-order valence-electron chi connectivity index (χ3n) is 8.30. The van der Waals surface area contributed by atoms with Crippen molar-refractivity contribution in [1.82, 2.24) is 10.2 Å². The molecule has 52 heavy (non-hydrogen) atoms. The summed E-state index contributed by atoms with van der Waals surface area (Å²) >= 11 is 12.8. The average molecular weight is 759 g/mol. The standard InChI is InChI=1S/C41H41Cl2N3O5S/c1-29(2)26-44-41(48)39(24-31-10-6-4-7-11-31)45(27-32-16-17-33(42)25-38(32)43)40(47)28-46(52(49,50)37-22-14-30(3)15-23-37)34-18-20-36(21-19-34)51-35-12-8-5-9-13-35/h4-23,25,29,39H,24,26-28H2,1-3H3,(H,44,48). The largest absolute Gasteiger partial charge is 0.457 e. The molecule has 1 atom stereocenters. The van der Waals surface area contributed by atoms with Crippen LogP contribution in [0.1, 0.15) is 30.5 Å². The number of hydrogen-bond donors (Lipinski definition) is 1. The summed E-state index contributed by atoms with van der Waals surface area (Å²) in [6, 6.07) is 35.4. The summed E-state index contributed by atoms with van der Waals surface area (Å²) in [5.74, 6) is 0.280. The van der Waals surface area contributed by atoms with E-state index in [-0.39, 0.29) is 35.4 Å². The quantitative estimate of drug-likeness (QED) is 0.115. The molecular formula is C41H41Cl2N3O5S. The first-order valence-electron chi connectivity index (χ1n) is 16.9. The summed E-state index contributed by atoms with van der Waals surface area (Å²) in [5.41, 5.74) is 2.49. The minimum absolute atomic E-state index is 0.0123. The normalized spacial score (nSPS) is 11.9. The third-order valence-corrected chi connectivity index (χ3v) is 10.7. The third kappa shape index (κ3) is 10.2. The van der Waals surface area contributed by atoms with Crippen LogP contribution in [0, 0.1) is 12.8 Å². The van der Waals surface area contributed by atoms with Gasteiger partial charge in [0.15, 0.2) is 0 Å². The fraction of sp³-hybridized carbons (Fsp3) is 0.220. The second kappa shape index (κ2) is 17.6. The maximum Gasteiger partial charge on any atom is 0.264 e. The average Bonchev–Trinajstić information content (AvgIpc) is 3.13. The first-order valence-corrected chi connectivity index (χ1v) is 19.1. The number of carbonyl (C=O) groups excluding carboxylic acids is 2. The van der Waals surface area contributed by atoms with Gasteiger partial charge in [-0.15, -0.1) is 0 Å². The van der Waals surface area contributed by atoms with Crippen molar-refractivity contribution in [2.45, 2.75) is 44.7 Å². The van der Waals surface area contributed by atoms with Gasteiger partial charge in [0, 0.05) is 29.6 Å². The Hall–Kier alpha value is -4.83. The van der Waals surface area contributed by atoms with Gasteiger partial charge in [-0.3, -0.25) is 13.9 Å². The molecule has 0 aliphatic rings. The Kier molecular flexibility index (Phi) is 13.0. The lowest BCUT2D eigenvalue weighted by Crippen LogP contribution is -2.53. The number of ether oxygens (including phenoxy) is 1. The number of benzene rings is 5. The van der Waals surface area contributed by atoms with E-state index >= 15 is 0 Å². The zero-order chi connectivity index (χ0) is 37.3. The predicted molar refractivity (Wildman–Crippen MR) is 207 cm³/mol. The molecule has 0 aliphatic carbocycles. The van der Waals surface area contributed by atoms with Gasteiger partial charge in [-0.05, 0) is 84.6 Å². The van der Waals surface area contributed by atoms with Crippen LogP contribution in [0.4, 0.5) is 5.69 Å². The molecule has 8 nitrogen and oxygen atoms in total. The van der Waals surface area contributed by atoms with Crippen LogP contribution in [-0.2, 0) is 32.6 Å². The smallest absolute Gasteiger partial charge is 0.264 e. The Labute approximate surface area is 316 Å². The molecule has 270 valence electrons. The van der Waals surface area contributed by atoms with Gasteiger partial charge >= 0.3 is 0 Å². The molecule has 0 heterocycles. The molecule has 0 radical (unpaired) electrons. The molecule has 1 unspecified atom stereocenters. The maximum atomic E-state index is 14.8. The summed E-state index contributed by atoms with van der Waals surface area (Å²) < 4.78 is 35.8. The van der Waals surface area contributed by atoms with Gasteiger partial charge in [0.1, 0.15) is 24.1 Å². The van der Waals surface area contributed by atoms with E-state index in [0.29, 0.717) is 33.7 Å². The van der Waals surface area contributed by atoms with Crippen molar-refractivity contribution < 1.29 is 22.7 Å². The molecule has 0 saturated heterocycles. The van der Waals surface area contributed by atoms with E-state index in [4.69, 9.17) is 27.9 Å². The zero-order valence-corrected chi connectivity index (χ0v) is 31.5. The maximum absolute atomic E-state index is 14.8. The number of nitrogens with zero attached hydrogens (tertiary/aromatic N) is 2. The van der Waals surface area contributed by atoms with E-state index in [1.807, 2.05) is 81.4 Å². The van der Waals surface area contributed by atoms with Crippen LogP contribution in [0.15, 0.2) is 132 Å². The molecule has 1 N–H and O–H groups in total. The number of aryl methyl sites for hydroxylation is 1. The van der Waals surface area contributed by atoms with Gasteiger partial charge in [-0.25, -0.2) is 8.42 Å². The van der Waals surface area contributed by atoms with E-state index in [9.17, 15) is 18.0 Å². The highest BCUT2D eigenvalue weighted by molar-refractivity contribution is 7.92. The van der Waals surface area contributed by atoms with Crippen LogP contribution in [0.2, 0.25) is 10.0 Å². The fourth-order valence-electron chi connectivity index (χ4n) is 5.48. The molecule has 0 saturated carbocycles. The topological polar surface area (TPSA) is 96.0 Å². The predicted octanol–water partition coefficient (Wildman–Crippen LogP) is 8.70. The summed E-state index contributed by atoms with van der Waals surface area (Å²) in [4.78, 5) is 30.2. The van der Waals surface area contributed by atoms with Gasteiger partial charge < -0.3 is 15.0 Å². The monoisotopic (exact) mass is 757 g/mol. The number of anilines is 1. The molecule has 0 fully saturated rings. The van der Waals surface area contributed by atoms with Crippen molar-refractivity contribution in [1.29, 1.82) is 0 Å². The number of para-hydroxylation sites is 1. The molecule has 11 heteroatoms. The lowest BCUT2D eigenvalue weighted by atomic mass is 10.0. The van der Waals surface area contributed by atoms with Crippen molar-refractivity contribution >= 4 is 50.7 Å². The Morgan fingerprint density at radius 2 is 1.40 bits per heavy atom. The fourth-order valence-corrected chi connectivity index (χ4v) is 7.36. The van der Waals surface area contributed by atoms with Crippen molar-refractivity contribution in [3.8, 4) is 11.5 Å². The van der Waals surface area contributed by atoms with Crippen LogP contribution in [0.3, 0.4) is 0 Å². The number of sulfonamides is 1. The van der Waals surface area contributed by atoms with E-state index in [1.165, 1.54) is 17.0 Å². The van der Waals surface area contributed by atoms with Gasteiger partial charge in [-0.2, -0.15) is 0 Å². The second-order valence-corrected chi connectivity index (χ2v) is 15.5. The van der Waals surface area contributed by atoms with Gasteiger partial charge in [0.05, 0.1) is 10.6 Å². The van der Waals surface area contributed by atoms with E-state index < -0.39 is 28.5 Å².